The molecule has 6 heteroatoms. The van der Waals surface area contributed by atoms with Crippen LogP contribution in [0.25, 0.3) is 0 Å². The lowest BCUT2D eigenvalue weighted by atomic mass is 9.99. The fraction of sp³-hybridized carbons (Fsp3) is 0.364. The minimum absolute atomic E-state index is 0.0329. The maximum atomic E-state index is 11.2. The van der Waals surface area contributed by atoms with Gasteiger partial charge in [0.1, 0.15) is 0 Å². The SMILES string of the molecule is COC(=O)Cc1c(C)cc([N+](=O)[O-])cc1CBr. The summed E-state index contributed by atoms with van der Waals surface area (Å²) in [5, 5.41) is 11.2. The van der Waals surface area contributed by atoms with Gasteiger partial charge < -0.3 is 4.74 Å². The summed E-state index contributed by atoms with van der Waals surface area (Å²) in [6.45, 7) is 1.75. The van der Waals surface area contributed by atoms with Crippen LogP contribution in [0.4, 0.5) is 5.69 Å². The summed E-state index contributed by atoms with van der Waals surface area (Å²) in [5.41, 5.74) is 2.27. The number of aryl methyl sites for hydroxylation is 1. The number of nitrogens with zero attached hydrogens (tertiary/aromatic N) is 1. The van der Waals surface area contributed by atoms with Gasteiger partial charge in [-0.2, -0.15) is 0 Å². The predicted molar refractivity (Wildman–Crippen MR) is 66.2 cm³/mol. The van der Waals surface area contributed by atoms with Crippen molar-refractivity contribution in [1.82, 2.24) is 0 Å². The Morgan fingerprint density at radius 1 is 1.53 bits per heavy atom. The van der Waals surface area contributed by atoms with Crippen molar-refractivity contribution in [2.45, 2.75) is 18.7 Å². The molecule has 0 aliphatic heterocycles. The first-order valence-electron chi connectivity index (χ1n) is 4.89. The lowest BCUT2D eigenvalue weighted by molar-refractivity contribution is -0.385. The van der Waals surface area contributed by atoms with Crippen LogP contribution in [0.15, 0.2) is 12.1 Å². The first-order chi connectivity index (χ1) is 7.99. The van der Waals surface area contributed by atoms with Crippen molar-refractivity contribution in [3.8, 4) is 0 Å². The minimum atomic E-state index is -0.443. The number of alkyl halides is 1. The Morgan fingerprint density at radius 2 is 2.18 bits per heavy atom. The molecule has 0 saturated heterocycles. The lowest BCUT2D eigenvalue weighted by Gasteiger charge is -2.09. The van der Waals surface area contributed by atoms with Crippen LogP contribution in [0.2, 0.25) is 0 Å². The largest absolute Gasteiger partial charge is 0.469 e. The van der Waals surface area contributed by atoms with Gasteiger partial charge in [0.15, 0.2) is 0 Å². The maximum Gasteiger partial charge on any atom is 0.309 e. The molecule has 0 fully saturated rings. The van der Waals surface area contributed by atoms with E-state index in [1.807, 2.05) is 0 Å². The van der Waals surface area contributed by atoms with E-state index < -0.39 is 4.92 Å². The molecule has 1 rings (SSSR count). The number of hydrogen-bond acceptors (Lipinski definition) is 4. The average molecular weight is 302 g/mol. The zero-order chi connectivity index (χ0) is 13.0. The molecule has 92 valence electrons. The van der Waals surface area contributed by atoms with E-state index in [1.54, 1.807) is 6.92 Å². The Hall–Kier alpha value is -1.43. The Balaban J connectivity index is 3.21. The molecule has 0 atom stereocenters. The van der Waals surface area contributed by atoms with Gasteiger partial charge in [-0.1, -0.05) is 15.9 Å². The zero-order valence-electron chi connectivity index (χ0n) is 9.53. The Kier molecular flexibility index (Phi) is 4.62. The molecule has 0 bridgehead atoms. The Bertz CT molecular complexity index is 459. The van der Waals surface area contributed by atoms with Crippen LogP contribution in [0, 0.1) is 17.0 Å². The van der Waals surface area contributed by atoms with Gasteiger partial charge in [0.25, 0.3) is 5.69 Å². The highest BCUT2D eigenvalue weighted by Gasteiger charge is 2.16. The Morgan fingerprint density at radius 3 is 2.65 bits per heavy atom. The lowest BCUT2D eigenvalue weighted by Crippen LogP contribution is -2.08. The fourth-order valence-electron chi connectivity index (χ4n) is 1.56. The molecule has 0 spiro atoms. The number of carbonyl (C=O) groups excluding carboxylic acids is 1. The second-order valence-corrected chi connectivity index (χ2v) is 4.10. The number of nitro benzene ring substituents is 1. The number of carbonyl (C=O) groups is 1. The standard InChI is InChI=1S/C11H12BrNO4/c1-7-3-9(13(15)16)4-8(6-12)10(7)5-11(14)17-2/h3-4H,5-6H2,1-2H3. The van der Waals surface area contributed by atoms with E-state index in [2.05, 4.69) is 20.7 Å². The summed E-state index contributed by atoms with van der Waals surface area (Å²) < 4.78 is 4.60. The molecule has 5 nitrogen and oxygen atoms in total. The summed E-state index contributed by atoms with van der Waals surface area (Å²) in [6, 6.07) is 2.93. The van der Waals surface area contributed by atoms with Crippen LogP contribution in [-0.4, -0.2) is 18.0 Å². The van der Waals surface area contributed by atoms with Gasteiger partial charge in [-0.3, -0.25) is 14.9 Å². The first kappa shape index (κ1) is 13.6. The highest BCUT2D eigenvalue weighted by Crippen LogP contribution is 2.24. The van der Waals surface area contributed by atoms with Crippen molar-refractivity contribution in [1.29, 1.82) is 0 Å². The number of benzene rings is 1. The third kappa shape index (κ3) is 3.26. The van der Waals surface area contributed by atoms with Gasteiger partial charge in [-0.15, -0.1) is 0 Å². The van der Waals surface area contributed by atoms with Crippen molar-refractivity contribution < 1.29 is 14.5 Å². The molecule has 1 aromatic carbocycles. The van der Waals surface area contributed by atoms with E-state index >= 15 is 0 Å². The first-order valence-corrected chi connectivity index (χ1v) is 6.01. The zero-order valence-corrected chi connectivity index (χ0v) is 11.1. The molecule has 0 N–H and O–H groups in total. The van der Waals surface area contributed by atoms with Crippen LogP contribution in [-0.2, 0) is 21.3 Å². The normalized spacial score (nSPS) is 10.1. The summed E-state index contributed by atoms with van der Waals surface area (Å²) in [7, 11) is 1.32. The number of hydrogen-bond donors (Lipinski definition) is 0. The maximum absolute atomic E-state index is 11.2. The molecule has 0 radical (unpaired) electrons. The van der Waals surface area contributed by atoms with Gasteiger partial charge >= 0.3 is 5.97 Å². The Labute approximate surface area is 107 Å². The van der Waals surface area contributed by atoms with Crippen molar-refractivity contribution in [3.05, 3.63) is 38.9 Å². The van der Waals surface area contributed by atoms with Gasteiger partial charge in [0.05, 0.1) is 18.5 Å². The van der Waals surface area contributed by atoms with E-state index in [4.69, 9.17) is 0 Å². The minimum Gasteiger partial charge on any atom is -0.469 e. The molecular weight excluding hydrogens is 290 g/mol. The van der Waals surface area contributed by atoms with E-state index in [0.29, 0.717) is 5.33 Å². The van der Waals surface area contributed by atoms with Crippen LogP contribution < -0.4 is 0 Å². The average Bonchev–Trinajstić information content (AvgIpc) is 2.30. The van der Waals surface area contributed by atoms with Crippen molar-refractivity contribution >= 4 is 27.6 Å². The van der Waals surface area contributed by atoms with Crippen molar-refractivity contribution in [2.75, 3.05) is 7.11 Å². The third-order valence-corrected chi connectivity index (χ3v) is 3.06. The summed E-state index contributed by atoms with van der Waals surface area (Å²) in [4.78, 5) is 21.5. The van der Waals surface area contributed by atoms with Gasteiger partial charge in [-0.05, 0) is 23.6 Å². The van der Waals surface area contributed by atoms with E-state index in [1.165, 1.54) is 19.2 Å². The van der Waals surface area contributed by atoms with Gasteiger partial charge in [-0.25, -0.2) is 0 Å². The number of esters is 1. The van der Waals surface area contributed by atoms with Crippen molar-refractivity contribution in [3.63, 3.8) is 0 Å². The highest BCUT2D eigenvalue weighted by molar-refractivity contribution is 9.08. The number of nitro groups is 1. The number of ether oxygens (including phenoxy) is 1. The number of halogens is 1. The summed E-state index contributed by atoms with van der Waals surface area (Å²) >= 11 is 3.26. The third-order valence-electron chi connectivity index (χ3n) is 2.45. The van der Waals surface area contributed by atoms with Crippen molar-refractivity contribution in [2.24, 2.45) is 0 Å². The summed E-state index contributed by atoms with van der Waals surface area (Å²) in [5.74, 6) is -0.357. The molecule has 0 unspecified atom stereocenters. The fourth-order valence-corrected chi connectivity index (χ4v) is 2.06. The number of rotatable bonds is 4. The van der Waals surface area contributed by atoms with E-state index in [0.717, 1.165) is 16.7 Å². The molecule has 17 heavy (non-hydrogen) atoms. The molecular formula is C11H12BrNO4. The van der Waals surface area contributed by atoms with Crippen LogP contribution >= 0.6 is 15.9 Å². The van der Waals surface area contributed by atoms with E-state index in [9.17, 15) is 14.9 Å². The molecule has 0 aliphatic rings. The molecule has 0 heterocycles. The van der Waals surface area contributed by atoms with Crippen LogP contribution in [0.3, 0.4) is 0 Å². The topological polar surface area (TPSA) is 69.4 Å². The van der Waals surface area contributed by atoms with Gasteiger partial charge in [0, 0.05) is 17.5 Å². The second kappa shape index (κ2) is 5.77. The second-order valence-electron chi connectivity index (χ2n) is 3.54. The van der Waals surface area contributed by atoms with E-state index in [-0.39, 0.29) is 18.1 Å². The van der Waals surface area contributed by atoms with Crippen LogP contribution in [0.1, 0.15) is 16.7 Å². The highest BCUT2D eigenvalue weighted by atomic mass is 79.9. The smallest absolute Gasteiger partial charge is 0.309 e. The van der Waals surface area contributed by atoms with Gasteiger partial charge in [0.2, 0.25) is 0 Å². The molecule has 0 saturated carbocycles. The molecule has 1 aromatic rings. The quantitative estimate of drug-likeness (QED) is 0.371. The number of methoxy groups -OCH3 is 1. The predicted octanol–water partition coefficient (Wildman–Crippen LogP) is 2.51. The molecule has 0 amide bonds. The summed E-state index contributed by atoms with van der Waals surface area (Å²) in [6.07, 6.45) is 0.126. The van der Waals surface area contributed by atoms with Crippen LogP contribution in [0.5, 0.6) is 0 Å². The number of non-ortho nitro benzene ring substituents is 1. The molecule has 0 aliphatic carbocycles. The molecule has 0 aromatic heterocycles. The monoisotopic (exact) mass is 301 g/mol.